The second-order valence-corrected chi connectivity index (χ2v) is 5.28. The molecular weight excluding hydrogens is 308 g/mol. The molecule has 1 N–H and O–H groups in total. The highest BCUT2D eigenvalue weighted by molar-refractivity contribution is 9.10. The first kappa shape index (κ1) is 15.8. The van der Waals surface area contributed by atoms with Crippen molar-refractivity contribution in [1.29, 1.82) is 0 Å². The van der Waals surface area contributed by atoms with Gasteiger partial charge in [0, 0.05) is 16.1 Å². The van der Waals surface area contributed by atoms with E-state index in [4.69, 9.17) is 9.84 Å². The van der Waals surface area contributed by atoms with Gasteiger partial charge in [0.15, 0.2) is 0 Å². The maximum Gasteiger partial charge on any atom is 0.328 e. The summed E-state index contributed by atoms with van der Waals surface area (Å²) in [6.45, 7) is 6.12. The minimum atomic E-state index is -0.967. The minimum absolute atomic E-state index is 0.150. The smallest absolute Gasteiger partial charge is 0.328 e. The summed E-state index contributed by atoms with van der Waals surface area (Å²) in [6, 6.07) is 3.83. The fourth-order valence-electron chi connectivity index (χ4n) is 1.82. The van der Waals surface area contributed by atoms with Gasteiger partial charge >= 0.3 is 5.97 Å². The highest BCUT2D eigenvalue weighted by atomic mass is 79.9. The Hall–Kier alpha value is -1.29. The van der Waals surface area contributed by atoms with Gasteiger partial charge in [-0.2, -0.15) is 0 Å². The third-order valence-electron chi connectivity index (χ3n) is 2.87. The van der Waals surface area contributed by atoms with Crippen LogP contribution in [0.15, 0.2) is 22.7 Å². The van der Waals surface area contributed by atoms with Crippen molar-refractivity contribution in [3.8, 4) is 5.75 Å². The van der Waals surface area contributed by atoms with Crippen molar-refractivity contribution in [3.63, 3.8) is 0 Å². The van der Waals surface area contributed by atoms with Crippen molar-refractivity contribution in [2.45, 2.75) is 39.7 Å². The van der Waals surface area contributed by atoms with Crippen molar-refractivity contribution in [2.24, 2.45) is 0 Å². The second kappa shape index (κ2) is 7.34. The monoisotopic (exact) mass is 326 g/mol. The molecule has 0 unspecified atom stereocenters. The molecule has 0 radical (unpaired) electrons. The minimum Gasteiger partial charge on any atom is -0.490 e. The van der Waals surface area contributed by atoms with Gasteiger partial charge in [0.25, 0.3) is 0 Å². The van der Waals surface area contributed by atoms with E-state index in [1.807, 2.05) is 19.1 Å². The molecule has 0 bridgehead atoms. The van der Waals surface area contributed by atoms with Crippen LogP contribution in [0.25, 0.3) is 6.08 Å². The number of halogens is 1. The molecule has 0 aliphatic rings. The standard InChI is InChI=1S/C15H19BrO3/c1-4-13(5-2)19-15-10(3)8-12(16)9-11(15)6-7-14(17)18/h6-9,13H,4-5H2,1-3H3,(H,17,18)/b7-6+. The van der Waals surface area contributed by atoms with E-state index in [-0.39, 0.29) is 6.10 Å². The summed E-state index contributed by atoms with van der Waals surface area (Å²) in [5.41, 5.74) is 1.77. The summed E-state index contributed by atoms with van der Waals surface area (Å²) >= 11 is 3.42. The van der Waals surface area contributed by atoms with Crippen LogP contribution in [0.3, 0.4) is 0 Å². The number of hydrogen-bond donors (Lipinski definition) is 1. The number of aliphatic carboxylic acids is 1. The van der Waals surface area contributed by atoms with Gasteiger partial charge in [0.2, 0.25) is 0 Å². The van der Waals surface area contributed by atoms with Crippen LogP contribution in [0.2, 0.25) is 0 Å². The van der Waals surface area contributed by atoms with Crippen LogP contribution < -0.4 is 4.74 Å². The molecule has 1 aromatic rings. The van der Waals surface area contributed by atoms with Crippen LogP contribution in [0, 0.1) is 6.92 Å². The molecule has 0 saturated carbocycles. The van der Waals surface area contributed by atoms with Crippen molar-refractivity contribution in [1.82, 2.24) is 0 Å². The van der Waals surface area contributed by atoms with Gasteiger partial charge in [0.1, 0.15) is 5.75 Å². The van der Waals surface area contributed by atoms with Gasteiger partial charge in [-0.25, -0.2) is 4.79 Å². The molecule has 0 amide bonds. The van der Waals surface area contributed by atoms with E-state index < -0.39 is 5.97 Å². The first-order valence-electron chi connectivity index (χ1n) is 6.35. The van der Waals surface area contributed by atoms with E-state index in [2.05, 4.69) is 29.8 Å². The van der Waals surface area contributed by atoms with Crippen molar-refractivity contribution >= 4 is 28.0 Å². The third kappa shape index (κ3) is 4.71. The Morgan fingerprint density at radius 3 is 2.58 bits per heavy atom. The summed E-state index contributed by atoms with van der Waals surface area (Å²) < 4.78 is 6.91. The highest BCUT2D eigenvalue weighted by Crippen LogP contribution is 2.30. The van der Waals surface area contributed by atoms with Gasteiger partial charge < -0.3 is 9.84 Å². The summed E-state index contributed by atoms with van der Waals surface area (Å²) in [4.78, 5) is 10.6. The molecule has 0 fully saturated rings. The third-order valence-corrected chi connectivity index (χ3v) is 3.33. The van der Waals surface area contributed by atoms with E-state index in [9.17, 15) is 4.79 Å². The molecule has 0 aliphatic heterocycles. The number of benzene rings is 1. The Morgan fingerprint density at radius 1 is 1.42 bits per heavy atom. The number of carboxylic acids is 1. The molecule has 0 heterocycles. The molecule has 1 rings (SSSR count). The molecule has 1 aromatic carbocycles. The topological polar surface area (TPSA) is 46.5 Å². The molecule has 19 heavy (non-hydrogen) atoms. The molecule has 0 spiro atoms. The Bertz CT molecular complexity index is 477. The first-order valence-corrected chi connectivity index (χ1v) is 7.15. The zero-order chi connectivity index (χ0) is 14.4. The van der Waals surface area contributed by atoms with Gasteiger partial charge in [-0.05, 0) is 43.5 Å². The molecule has 0 saturated heterocycles. The van der Waals surface area contributed by atoms with Gasteiger partial charge in [-0.15, -0.1) is 0 Å². The first-order chi connectivity index (χ1) is 8.97. The van der Waals surface area contributed by atoms with E-state index in [0.29, 0.717) is 0 Å². The Morgan fingerprint density at radius 2 is 2.05 bits per heavy atom. The second-order valence-electron chi connectivity index (χ2n) is 4.37. The van der Waals surface area contributed by atoms with E-state index in [1.54, 1.807) is 6.08 Å². The highest BCUT2D eigenvalue weighted by Gasteiger charge is 2.12. The summed E-state index contributed by atoms with van der Waals surface area (Å²) in [5, 5.41) is 8.74. The van der Waals surface area contributed by atoms with Crippen LogP contribution in [0.5, 0.6) is 5.75 Å². The molecule has 0 aliphatic carbocycles. The van der Waals surface area contributed by atoms with Crippen molar-refractivity contribution in [3.05, 3.63) is 33.8 Å². The molecule has 4 heteroatoms. The van der Waals surface area contributed by atoms with Crippen LogP contribution in [0.1, 0.15) is 37.8 Å². The average molecular weight is 327 g/mol. The predicted molar refractivity (Wildman–Crippen MR) is 80.5 cm³/mol. The average Bonchev–Trinajstić information content (AvgIpc) is 2.35. The van der Waals surface area contributed by atoms with E-state index in [0.717, 1.165) is 40.3 Å². The largest absolute Gasteiger partial charge is 0.490 e. The number of carboxylic acid groups (broad SMARTS) is 1. The predicted octanol–water partition coefficient (Wildman–Crippen LogP) is 4.42. The zero-order valence-electron chi connectivity index (χ0n) is 11.4. The van der Waals surface area contributed by atoms with Crippen LogP contribution in [0.4, 0.5) is 0 Å². The zero-order valence-corrected chi connectivity index (χ0v) is 13.0. The Kier molecular flexibility index (Phi) is 6.09. The van der Waals surface area contributed by atoms with Crippen LogP contribution in [-0.4, -0.2) is 17.2 Å². The summed E-state index contributed by atoms with van der Waals surface area (Å²) in [6.07, 6.45) is 4.69. The molecular formula is C15H19BrO3. The lowest BCUT2D eigenvalue weighted by Crippen LogP contribution is -2.15. The quantitative estimate of drug-likeness (QED) is 0.787. The summed E-state index contributed by atoms with van der Waals surface area (Å²) in [5.74, 6) is -0.208. The molecule has 3 nitrogen and oxygen atoms in total. The molecule has 0 aromatic heterocycles. The Balaban J connectivity index is 3.16. The number of ether oxygens (including phenoxy) is 1. The fraction of sp³-hybridized carbons (Fsp3) is 0.400. The number of aryl methyl sites for hydroxylation is 1. The van der Waals surface area contributed by atoms with Crippen LogP contribution in [-0.2, 0) is 4.79 Å². The van der Waals surface area contributed by atoms with E-state index >= 15 is 0 Å². The lowest BCUT2D eigenvalue weighted by atomic mass is 10.1. The van der Waals surface area contributed by atoms with Crippen molar-refractivity contribution < 1.29 is 14.6 Å². The number of carbonyl (C=O) groups is 1. The van der Waals surface area contributed by atoms with Gasteiger partial charge in [-0.1, -0.05) is 29.8 Å². The SMILES string of the molecule is CCC(CC)Oc1c(C)cc(Br)cc1/C=C/C(=O)O. The Labute approximate surface area is 122 Å². The van der Waals surface area contributed by atoms with E-state index in [1.165, 1.54) is 0 Å². The molecule has 104 valence electrons. The van der Waals surface area contributed by atoms with Gasteiger partial charge in [-0.3, -0.25) is 0 Å². The maximum atomic E-state index is 10.6. The van der Waals surface area contributed by atoms with Crippen LogP contribution >= 0.6 is 15.9 Å². The lowest BCUT2D eigenvalue weighted by Gasteiger charge is -2.19. The fourth-order valence-corrected chi connectivity index (χ4v) is 2.41. The van der Waals surface area contributed by atoms with Crippen molar-refractivity contribution in [2.75, 3.05) is 0 Å². The number of rotatable bonds is 6. The van der Waals surface area contributed by atoms with Gasteiger partial charge in [0.05, 0.1) is 6.10 Å². The summed E-state index contributed by atoms with van der Waals surface area (Å²) in [7, 11) is 0. The lowest BCUT2D eigenvalue weighted by molar-refractivity contribution is -0.131. The number of hydrogen-bond acceptors (Lipinski definition) is 2. The molecule has 0 atom stereocenters. The normalized spacial score (nSPS) is 11.2. The maximum absolute atomic E-state index is 10.6.